The maximum absolute atomic E-state index is 14.3. The predicted molar refractivity (Wildman–Crippen MR) is 130 cm³/mol. The second-order valence-corrected chi connectivity index (χ2v) is 10.8. The fraction of sp³-hybridized carbons (Fsp3) is 0.520. The summed E-state index contributed by atoms with van der Waals surface area (Å²) in [6.45, 7) is 10.7. The molecule has 200 valence electrons. The molecule has 2 rings (SSSR count). The van der Waals surface area contributed by atoms with Crippen LogP contribution in [0.4, 0.5) is 22.4 Å². The molecule has 1 heterocycles. The monoisotopic (exact) mass is 533 g/mol. The number of nitrogens with one attached hydrogen (secondary N) is 2. The summed E-state index contributed by atoms with van der Waals surface area (Å²) >= 11 is 5.90. The van der Waals surface area contributed by atoms with Crippen LogP contribution in [-0.2, 0) is 15.9 Å². The van der Waals surface area contributed by atoms with E-state index in [0.29, 0.717) is 5.56 Å². The first-order chi connectivity index (χ1) is 16.2. The summed E-state index contributed by atoms with van der Waals surface area (Å²) in [4.78, 5) is 16.2. The first kappa shape index (κ1) is 29.8. The van der Waals surface area contributed by atoms with Gasteiger partial charge >= 0.3 is 12.3 Å². The van der Waals surface area contributed by atoms with Gasteiger partial charge in [0.25, 0.3) is 0 Å². The maximum atomic E-state index is 14.3. The Morgan fingerprint density at radius 3 is 2.22 bits per heavy atom. The zero-order valence-corrected chi connectivity index (χ0v) is 22.0. The van der Waals surface area contributed by atoms with Crippen molar-refractivity contribution in [1.82, 2.24) is 15.6 Å². The van der Waals surface area contributed by atoms with Gasteiger partial charge in [-0.05, 0) is 70.5 Å². The van der Waals surface area contributed by atoms with Crippen molar-refractivity contribution >= 4 is 17.7 Å². The summed E-state index contributed by atoms with van der Waals surface area (Å²) in [5.74, 6) is -0.702. The highest BCUT2D eigenvalue weighted by Crippen LogP contribution is 2.40. The molecule has 0 aliphatic carbocycles. The van der Waals surface area contributed by atoms with Gasteiger partial charge in [0.15, 0.2) is 0 Å². The number of hydrogen-bond acceptors (Lipinski definition) is 5. The maximum Gasteiger partial charge on any atom is 0.424 e. The van der Waals surface area contributed by atoms with Crippen LogP contribution in [0.5, 0.6) is 0 Å². The topological polar surface area (TPSA) is 83.5 Å². The molecule has 11 heteroatoms. The van der Waals surface area contributed by atoms with Gasteiger partial charge in [-0.15, -0.1) is 0 Å². The van der Waals surface area contributed by atoms with Gasteiger partial charge in [0.05, 0.1) is 23.0 Å². The quantitative estimate of drug-likeness (QED) is 0.377. The highest BCUT2D eigenvalue weighted by Gasteiger charge is 2.57. The highest BCUT2D eigenvalue weighted by atomic mass is 35.5. The molecule has 3 N–H and O–H groups in total. The zero-order valence-electron chi connectivity index (χ0n) is 21.3. The van der Waals surface area contributed by atoms with E-state index in [1.54, 1.807) is 40.7 Å². The fourth-order valence-corrected chi connectivity index (χ4v) is 3.74. The van der Waals surface area contributed by atoms with E-state index in [2.05, 4.69) is 10.3 Å². The molecule has 0 spiro atoms. The Bertz CT molecular complexity index is 1100. The Morgan fingerprint density at radius 2 is 1.72 bits per heavy atom. The molecule has 6 nitrogen and oxygen atoms in total. The van der Waals surface area contributed by atoms with Crippen LogP contribution in [0.25, 0.3) is 11.3 Å². The summed E-state index contributed by atoms with van der Waals surface area (Å²) in [6, 6.07) is 6.28. The third-order valence-corrected chi connectivity index (χ3v) is 5.48. The molecule has 0 bridgehead atoms. The molecular weight excluding hydrogens is 502 g/mol. The second kappa shape index (κ2) is 10.5. The van der Waals surface area contributed by atoms with Crippen LogP contribution in [0.3, 0.4) is 0 Å². The molecule has 1 aromatic heterocycles. The minimum Gasteiger partial charge on any atom is -0.444 e. The summed E-state index contributed by atoms with van der Waals surface area (Å²) in [7, 11) is 0. The van der Waals surface area contributed by atoms with Gasteiger partial charge in [-0.25, -0.2) is 14.2 Å². The summed E-state index contributed by atoms with van der Waals surface area (Å²) < 4.78 is 61.7. The van der Waals surface area contributed by atoms with Crippen molar-refractivity contribution in [2.24, 2.45) is 0 Å². The minimum atomic E-state index is -5.22. The number of nitrogens with zero attached hydrogens (tertiary/aromatic N) is 1. The molecule has 1 atom stereocenters. The lowest BCUT2D eigenvalue weighted by atomic mass is 9.88. The lowest BCUT2D eigenvalue weighted by Crippen LogP contribution is -2.52. The third kappa shape index (κ3) is 7.30. The normalized spacial score (nSPS) is 14.5. The van der Waals surface area contributed by atoms with Gasteiger partial charge in [-0.2, -0.15) is 13.2 Å². The van der Waals surface area contributed by atoms with E-state index in [0.717, 1.165) is 12.1 Å². The van der Waals surface area contributed by atoms with E-state index in [4.69, 9.17) is 16.3 Å². The van der Waals surface area contributed by atoms with Crippen molar-refractivity contribution in [3.8, 4) is 11.3 Å². The number of ether oxygens (including phenoxy) is 1. The summed E-state index contributed by atoms with van der Waals surface area (Å²) in [6.07, 6.45) is -6.35. The molecule has 0 aliphatic heterocycles. The van der Waals surface area contributed by atoms with Crippen molar-refractivity contribution in [2.75, 3.05) is 6.54 Å². The Hall–Kier alpha value is -2.43. The number of carbonyl (C=O) groups excluding carboxylic acids is 1. The molecular formula is C25H32ClF4N3O3. The number of amides is 1. The van der Waals surface area contributed by atoms with Crippen molar-refractivity contribution in [1.29, 1.82) is 0 Å². The number of aromatic nitrogens is 1. The van der Waals surface area contributed by atoms with Crippen LogP contribution in [0.2, 0.25) is 5.02 Å². The molecule has 36 heavy (non-hydrogen) atoms. The van der Waals surface area contributed by atoms with Gasteiger partial charge in [0, 0.05) is 17.1 Å². The Kier molecular flexibility index (Phi) is 8.70. The molecule has 0 saturated carbocycles. The van der Waals surface area contributed by atoms with E-state index >= 15 is 0 Å². The van der Waals surface area contributed by atoms with Crippen molar-refractivity contribution < 1.29 is 32.2 Å². The number of alkyl carbamates (subject to hydrolysis) is 1. The number of rotatable bonds is 7. The largest absolute Gasteiger partial charge is 0.444 e. The van der Waals surface area contributed by atoms with Gasteiger partial charge in [0.1, 0.15) is 11.4 Å². The number of aliphatic hydroxyl groups is 1. The van der Waals surface area contributed by atoms with Crippen LogP contribution in [0.15, 0.2) is 30.3 Å². The summed E-state index contributed by atoms with van der Waals surface area (Å²) in [5, 5.41) is 16.0. The highest BCUT2D eigenvalue weighted by molar-refractivity contribution is 6.31. The predicted octanol–water partition coefficient (Wildman–Crippen LogP) is 6.05. The fourth-order valence-electron chi connectivity index (χ4n) is 3.56. The van der Waals surface area contributed by atoms with Crippen LogP contribution in [0, 0.1) is 5.82 Å². The molecule has 0 radical (unpaired) electrons. The van der Waals surface area contributed by atoms with Gasteiger partial charge in [-0.1, -0.05) is 25.4 Å². The van der Waals surface area contributed by atoms with E-state index in [9.17, 15) is 27.5 Å². The van der Waals surface area contributed by atoms with E-state index in [1.807, 2.05) is 19.2 Å². The number of hydrogen-bond donors (Lipinski definition) is 3. The Morgan fingerprint density at radius 1 is 1.11 bits per heavy atom. The van der Waals surface area contributed by atoms with Gasteiger partial charge in [0.2, 0.25) is 5.60 Å². The number of alkyl halides is 3. The van der Waals surface area contributed by atoms with Crippen LogP contribution in [0.1, 0.15) is 59.7 Å². The molecule has 1 unspecified atom stereocenters. The van der Waals surface area contributed by atoms with Crippen molar-refractivity contribution in [3.63, 3.8) is 0 Å². The average molecular weight is 534 g/mol. The van der Waals surface area contributed by atoms with Crippen LogP contribution < -0.4 is 10.6 Å². The van der Waals surface area contributed by atoms with E-state index < -0.39 is 47.1 Å². The lowest BCUT2D eigenvalue weighted by Gasteiger charge is -2.34. The van der Waals surface area contributed by atoms with E-state index in [1.165, 1.54) is 12.1 Å². The number of carbonyl (C=O) groups is 1. The minimum absolute atomic E-state index is 0.0305. The third-order valence-electron chi connectivity index (χ3n) is 5.19. The summed E-state index contributed by atoms with van der Waals surface area (Å²) in [5.41, 5.74) is -5.48. The Balaban J connectivity index is 2.69. The average Bonchev–Trinajstić information content (AvgIpc) is 2.70. The van der Waals surface area contributed by atoms with Gasteiger partial charge in [-0.3, -0.25) is 0 Å². The lowest BCUT2D eigenvalue weighted by molar-refractivity contribution is -0.265. The Labute approximate surface area is 213 Å². The molecule has 1 amide bonds. The zero-order chi connectivity index (χ0) is 27.7. The molecule has 0 fully saturated rings. The smallest absolute Gasteiger partial charge is 0.424 e. The van der Waals surface area contributed by atoms with Crippen LogP contribution >= 0.6 is 11.6 Å². The van der Waals surface area contributed by atoms with Gasteiger partial charge < -0.3 is 20.5 Å². The van der Waals surface area contributed by atoms with E-state index in [-0.39, 0.29) is 22.3 Å². The van der Waals surface area contributed by atoms with Crippen molar-refractivity contribution in [2.45, 2.75) is 77.4 Å². The number of benzene rings is 1. The van der Waals surface area contributed by atoms with Crippen molar-refractivity contribution in [3.05, 3.63) is 52.4 Å². The van der Waals surface area contributed by atoms with Crippen LogP contribution in [-0.4, -0.2) is 40.5 Å². The molecule has 0 aliphatic rings. The first-order valence-corrected chi connectivity index (χ1v) is 11.6. The second-order valence-electron chi connectivity index (χ2n) is 10.4. The SMILES string of the molecule is CC(C)NC(C)(C)c1cc(-c2ccc(F)c(Cl)c2)nc(C(O)(CNC(=O)OC(C)(C)C)C(F)(F)F)c1. The molecule has 2 aromatic rings. The standard InChI is InChI=1S/C25H32ClF4N3O3/c1-14(2)33-23(6,7)16-11-19(15-8-9-18(27)17(26)10-15)32-20(12-16)24(35,25(28,29)30)13-31-21(34)36-22(3,4)5/h8-12,14,33,35H,13H2,1-7H3,(H,31,34). The number of halogens is 5. The molecule has 0 saturated heterocycles. The number of pyridine rings is 1. The first-order valence-electron chi connectivity index (χ1n) is 11.3. The molecule has 1 aromatic carbocycles.